The van der Waals surface area contributed by atoms with E-state index >= 15 is 0 Å². The first-order valence-electron chi connectivity index (χ1n) is 6.28. The van der Waals surface area contributed by atoms with Crippen molar-refractivity contribution in [3.05, 3.63) is 12.4 Å². The second-order valence-corrected chi connectivity index (χ2v) is 4.65. The molecule has 0 aliphatic carbocycles. The van der Waals surface area contributed by atoms with Crippen molar-refractivity contribution in [3.63, 3.8) is 0 Å². The lowest BCUT2D eigenvalue weighted by Gasteiger charge is -2.28. The van der Waals surface area contributed by atoms with Crippen LogP contribution in [0.1, 0.15) is 19.8 Å². The van der Waals surface area contributed by atoms with Crippen molar-refractivity contribution in [1.82, 2.24) is 15.1 Å². The monoisotopic (exact) mass is 252 g/mol. The highest BCUT2D eigenvalue weighted by atomic mass is 16.5. The molecule has 100 valence electrons. The van der Waals surface area contributed by atoms with Gasteiger partial charge < -0.3 is 15.4 Å². The first kappa shape index (κ1) is 12.9. The van der Waals surface area contributed by atoms with Crippen molar-refractivity contribution in [1.29, 1.82) is 0 Å². The summed E-state index contributed by atoms with van der Waals surface area (Å²) in [5.74, 6) is -0.0515. The number of carbonyl (C=O) groups is 1. The lowest BCUT2D eigenvalue weighted by Crippen LogP contribution is -2.32. The fraction of sp³-hybridized carbons (Fsp3) is 0.667. The molecule has 2 atom stereocenters. The van der Waals surface area contributed by atoms with Crippen LogP contribution in [0.25, 0.3) is 0 Å². The number of hydrogen-bond acceptors (Lipinski definition) is 4. The molecule has 1 aliphatic heterocycles. The normalized spacial score (nSPS) is 23.7. The quantitative estimate of drug-likeness (QED) is 0.824. The lowest BCUT2D eigenvalue weighted by molar-refractivity contribution is -0.121. The Hall–Kier alpha value is -1.56. The Kier molecular flexibility index (Phi) is 4.19. The summed E-state index contributed by atoms with van der Waals surface area (Å²) in [5, 5.41) is 10.2. The Balaban J connectivity index is 1.88. The molecule has 2 rings (SSSR count). The third kappa shape index (κ3) is 3.46. The summed E-state index contributed by atoms with van der Waals surface area (Å²) in [6.45, 7) is 3.14. The predicted molar refractivity (Wildman–Crippen MR) is 68.4 cm³/mol. The molecule has 1 aromatic rings. The average Bonchev–Trinajstić information content (AvgIpc) is 2.76. The Bertz CT molecular complexity index is 405. The predicted octanol–water partition coefficient (Wildman–Crippen LogP) is 0.608. The molecule has 18 heavy (non-hydrogen) atoms. The molecule has 2 N–H and O–H groups in total. The largest absolute Gasteiger partial charge is 0.380 e. The molecule has 0 saturated carbocycles. The summed E-state index contributed by atoms with van der Waals surface area (Å²) in [4.78, 5) is 11.2. The summed E-state index contributed by atoms with van der Waals surface area (Å²) >= 11 is 0. The van der Waals surface area contributed by atoms with Gasteiger partial charge in [0.15, 0.2) is 0 Å². The van der Waals surface area contributed by atoms with Crippen LogP contribution >= 0.6 is 0 Å². The van der Waals surface area contributed by atoms with Crippen molar-refractivity contribution in [2.75, 3.05) is 19.0 Å². The van der Waals surface area contributed by atoms with E-state index < -0.39 is 0 Å². The van der Waals surface area contributed by atoms with E-state index in [0.717, 1.165) is 25.1 Å². The number of likely N-dealkylation sites (N-methyl/N-ethyl adjacent to an activating group) is 1. The topological polar surface area (TPSA) is 68.2 Å². The molecule has 1 aromatic heterocycles. The molecular weight excluding hydrogens is 232 g/mol. The molecule has 1 aliphatic rings. The zero-order valence-corrected chi connectivity index (χ0v) is 10.8. The molecule has 6 heteroatoms. The summed E-state index contributed by atoms with van der Waals surface area (Å²) in [7, 11) is 1.62. The molecule has 2 unspecified atom stereocenters. The number of ether oxygens (including phenoxy) is 1. The first-order valence-corrected chi connectivity index (χ1v) is 6.28. The van der Waals surface area contributed by atoms with Crippen LogP contribution in [0.2, 0.25) is 0 Å². The van der Waals surface area contributed by atoms with E-state index in [1.54, 1.807) is 17.9 Å². The highest BCUT2D eigenvalue weighted by Crippen LogP contribution is 2.18. The van der Waals surface area contributed by atoms with E-state index in [4.69, 9.17) is 4.74 Å². The van der Waals surface area contributed by atoms with Crippen LogP contribution in [0.15, 0.2) is 12.4 Å². The van der Waals surface area contributed by atoms with Gasteiger partial charge in [-0.1, -0.05) is 0 Å². The van der Waals surface area contributed by atoms with Gasteiger partial charge in [0.2, 0.25) is 5.91 Å². The third-order valence-electron chi connectivity index (χ3n) is 3.07. The van der Waals surface area contributed by atoms with Crippen LogP contribution in [0.3, 0.4) is 0 Å². The van der Waals surface area contributed by atoms with Gasteiger partial charge in [0.25, 0.3) is 0 Å². The van der Waals surface area contributed by atoms with Gasteiger partial charge >= 0.3 is 0 Å². The van der Waals surface area contributed by atoms with Gasteiger partial charge in [0.05, 0.1) is 18.0 Å². The maximum Gasteiger partial charge on any atom is 0.241 e. The van der Waals surface area contributed by atoms with Gasteiger partial charge in [0.1, 0.15) is 6.54 Å². The van der Waals surface area contributed by atoms with Crippen LogP contribution in [-0.2, 0) is 16.1 Å². The number of nitrogens with zero attached hydrogens (tertiary/aromatic N) is 2. The average molecular weight is 252 g/mol. The van der Waals surface area contributed by atoms with Gasteiger partial charge in [-0.3, -0.25) is 9.48 Å². The fourth-order valence-electron chi connectivity index (χ4n) is 2.12. The first-order chi connectivity index (χ1) is 8.67. The highest BCUT2D eigenvalue weighted by molar-refractivity contribution is 5.75. The van der Waals surface area contributed by atoms with Crippen LogP contribution in [0, 0.1) is 0 Å². The summed E-state index contributed by atoms with van der Waals surface area (Å²) in [6, 6.07) is 0.423. The van der Waals surface area contributed by atoms with E-state index in [2.05, 4.69) is 22.7 Å². The molecule has 1 fully saturated rings. The number of carbonyl (C=O) groups excluding carboxylic acids is 1. The minimum absolute atomic E-state index is 0.0515. The molecule has 6 nitrogen and oxygen atoms in total. The van der Waals surface area contributed by atoms with Crippen molar-refractivity contribution >= 4 is 11.6 Å². The summed E-state index contributed by atoms with van der Waals surface area (Å²) < 4.78 is 7.13. The maximum absolute atomic E-state index is 11.2. The van der Waals surface area contributed by atoms with Gasteiger partial charge in [-0.05, 0) is 19.8 Å². The van der Waals surface area contributed by atoms with E-state index in [-0.39, 0.29) is 12.5 Å². The molecule has 0 bridgehead atoms. The standard InChI is InChI=1S/C12H20N4O2/c1-9-5-10(3-4-18-9)15-11-6-14-16(7-11)8-12(17)13-2/h6-7,9-10,15H,3-5,8H2,1-2H3,(H,13,17). The molecule has 0 aromatic carbocycles. The molecular formula is C12H20N4O2. The van der Waals surface area contributed by atoms with Crippen molar-refractivity contribution < 1.29 is 9.53 Å². The Morgan fingerprint density at radius 1 is 1.67 bits per heavy atom. The zero-order chi connectivity index (χ0) is 13.0. The van der Waals surface area contributed by atoms with Gasteiger partial charge in [-0.2, -0.15) is 5.10 Å². The van der Waals surface area contributed by atoms with Gasteiger partial charge in [-0.25, -0.2) is 0 Å². The second-order valence-electron chi connectivity index (χ2n) is 4.65. The number of aromatic nitrogens is 2. The van der Waals surface area contributed by atoms with Crippen LogP contribution in [0.4, 0.5) is 5.69 Å². The minimum atomic E-state index is -0.0515. The molecule has 1 saturated heterocycles. The maximum atomic E-state index is 11.2. The molecule has 0 radical (unpaired) electrons. The van der Waals surface area contributed by atoms with E-state index in [1.807, 2.05) is 6.20 Å². The fourth-order valence-corrected chi connectivity index (χ4v) is 2.12. The number of rotatable bonds is 4. The van der Waals surface area contributed by atoms with E-state index in [9.17, 15) is 4.79 Å². The lowest BCUT2D eigenvalue weighted by atomic mass is 10.0. The Morgan fingerprint density at radius 3 is 3.22 bits per heavy atom. The smallest absolute Gasteiger partial charge is 0.241 e. The van der Waals surface area contributed by atoms with E-state index in [0.29, 0.717) is 12.1 Å². The van der Waals surface area contributed by atoms with Crippen molar-refractivity contribution in [3.8, 4) is 0 Å². The zero-order valence-electron chi connectivity index (χ0n) is 10.8. The Labute approximate surface area is 107 Å². The molecule has 2 heterocycles. The molecule has 1 amide bonds. The number of hydrogen-bond donors (Lipinski definition) is 2. The van der Waals surface area contributed by atoms with Crippen LogP contribution < -0.4 is 10.6 Å². The number of anilines is 1. The third-order valence-corrected chi connectivity index (χ3v) is 3.07. The number of amides is 1. The Morgan fingerprint density at radius 2 is 2.50 bits per heavy atom. The second kappa shape index (κ2) is 5.86. The summed E-state index contributed by atoms with van der Waals surface area (Å²) in [5.41, 5.74) is 0.956. The summed E-state index contributed by atoms with van der Waals surface area (Å²) in [6.07, 6.45) is 5.92. The van der Waals surface area contributed by atoms with Gasteiger partial charge in [-0.15, -0.1) is 0 Å². The van der Waals surface area contributed by atoms with Crippen LogP contribution in [-0.4, -0.2) is 41.5 Å². The highest BCUT2D eigenvalue weighted by Gasteiger charge is 2.19. The van der Waals surface area contributed by atoms with Gasteiger partial charge in [0, 0.05) is 25.9 Å². The van der Waals surface area contributed by atoms with E-state index in [1.165, 1.54) is 0 Å². The number of nitrogens with one attached hydrogen (secondary N) is 2. The van der Waals surface area contributed by atoms with Crippen molar-refractivity contribution in [2.45, 2.75) is 38.5 Å². The SMILES string of the molecule is CNC(=O)Cn1cc(NC2CCOC(C)C2)cn1. The van der Waals surface area contributed by atoms with Crippen LogP contribution in [0.5, 0.6) is 0 Å². The van der Waals surface area contributed by atoms with Crippen molar-refractivity contribution in [2.24, 2.45) is 0 Å². The molecule has 0 spiro atoms. The minimum Gasteiger partial charge on any atom is -0.380 e.